The Morgan fingerprint density at radius 1 is 0.900 bits per heavy atom. The van der Waals surface area contributed by atoms with Crippen LogP contribution in [0.4, 0.5) is 0 Å². The van der Waals surface area contributed by atoms with Gasteiger partial charge in [-0.05, 0) is 36.1 Å². The molecule has 30 heavy (non-hydrogen) atoms. The van der Waals surface area contributed by atoms with E-state index in [1.807, 2.05) is 54.3 Å². The molecule has 162 valence electrons. The molecule has 2 aromatic carbocycles. The quantitative estimate of drug-likeness (QED) is 0.735. The molecular weight excluding hydrogens is 398 g/mol. The third-order valence-corrected chi connectivity index (χ3v) is 7.47. The summed E-state index contributed by atoms with van der Waals surface area (Å²) in [4.78, 5) is 14.7. The SMILES string of the molecule is CC(C)c1ccc(S(=O)(=O)N2CCN(CC(=O)N[C@H](C)c3ccccc3)CC2)cc1. The Balaban J connectivity index is 1.52. The fourth-order valence-electron chi connectivity index (χ4n) is 3.62. The van der Waals surface area contributed by atoms with Gasteiger partial charge in [0, 0.05) is 26.2 Å². The Kier molecular flexibility index (Phi) is 7.28. The van der Waals surface area contributed by atoms with Gasteiger partial charge in [-0.25, -0.2) is 8.42 Å². The first-order chi connectivity index (χ1) is 14.3. The molecule has 2 aromatic rings. The molecule has 7 heteroatoms. The zero-order chi connectivity index (χ0) is 21.7. The molecule has 1 aliphatic heterocycles. The minimum absolute atomic E-state index is 0.0491. The van der Waals surface area contributed by atoms with Crippen LogP contribution in [0.15, 0.2) is 59.5 Å². The van der Waals surface area contributed by atoms with Gasteiger partial charge in [0.05, 0.1) is 17.5 Å². The van der Waals surface area contributed by atoms with Crippen molar-refractivity contribution in [2.75, 3.05) is 32.7 Å². The maximum absolute atomic E-state index is 12.9. The molecule has 1 N–H and O–H groups in total. The first-order valence-electron chi connectivity index (χ1n) is 10.4. The molecule has 3 rings (SSSR count). The van der Waals surface area contributed by atoms with Crippen molar-refractivity contribution in [2.45, 2.75) is 37.6 Å². The summed E-state index contributed by atoms with van der Waals surface area (Å²) in [6.07, 6.45) is 0. The number of carbonyl (C=O) groups excluding carboxylic acids is 1. The van der Waals surface area contributed by atoms with Crippen LogP contribution in [-0.4, -0.2) is 56.3 Å². The van der Waals surface area contributed by atoms with Crippen molar-refractivity contribution in [1.82, 2.24) is 14.5 Å². The largest absolute Gasteiger partial charge is 0.348 e. The number of piperazine rings is 1. The van der Waals surface area contributed by atoms with Crippen molar-refractivity contribution >= 4 is 15.9 Å². The van der Waals surface area contributed by atoms with Crippen molar-refractivity contribution in [3.63, 3.8) is 0 Å². The lowest BCUT2D eigenvalue weighted by Gasteiger charge is -2.33. The summed E-state index contributed by atoms with van der Waals surface area (Å²) < 4.78 is 27.4. The first kappa shape index (κ1) is 22.5. The van der Waals surface area contributed by atoms with Gasteiger partial charge in [0.2, 0.25) is 15.9 Å². The predicted octanol–water partition coefficient (Wildman–Crippen LogP) is 2.99. The molecule has 1 atom stereocenters. The first-order valence-corrected chi connectivity index (χ1v) is 11.9. The second-order valence-corrected chi connectivity index (χ2v) is 10.0. The van der Waals surface area contributed by atoms with Gasteiger partial charge in [-0.15, -0.1) is 0 Å². The van der Waals surface area contributed by atoms with E-state index in [0.29, 0.717) is 37.0 Å². The Hall–Kier alpha value is -2.22. The molecule has 0 bridgehead atoms. The highest BCUT2D eigenvalue weighted by atomic mass is 32.2. The maximum Gasteiger partial charge on any atom is 0.243 e. The highest BCUT2D eigenvalue weighted by Crippen LogP contribution is 2.21. The van der Waals surface area contributed by atoms with E-state index in [4.69, 9.17) is 0 Å². The average Bonchev–Trinajstić information content (AvgIpc) is 2.74. The van der Waals surface area contributed by atoms with Crippen LogP contribution >= 0.6 is 0 Å². The van der Waals surface area contributed by atoms with Crippen LogP contribution in [0.25, 0.3) is 0 Å². The number of rotatable bonds is 7. The number of hydrogen-bond donors (Lipinski definition) is 1. The Bertz CT molecular complexity index is 935. The highest BCUT2D eigenvalue weighted by Gasteiger charge is 2.29. The Morgan fingerprint density at radius 2 is 1.50 bits per heavy atom. The molecular formula is C23H31N3O3S. The average molecular weight is 430 g/mol. The van der Waals surface area contributed by atoms with Gasteiger partial charge in [0.25, 0.3) is 0 Å². The molecule has 0 spiro atoms. The van der Waals surface area contributed by atoms with Crippen molar-refractivity contribution in [1.29, 1.82) is 0 Å². The minimum atomic E-state index is -3.51. The van der Waals surface area contributed by atoms with Gasteiger partial charge in [0.15, 0.2) is 0 Å². The van der Waals surface area contributed by atoms with Crippen LogP contribution in [0, 0.1) is 0 Å². The van der Waals surface area contributed by atoms with Gasteiger partial charge >= 0.3 is 0 Å². The summed E-state index contributed by atoms with van der Waals surface area (Å²) in [6.45, 7) is 8.24. The second-order valence-electron chi connectivity index (χ2n) is 8.10. The van der Waals surface area contributed by atoms with Crippen molar-refractivity contribution < 1.29 is 13.2 Å². The van der Waals surface area contributed by atoms with Gasteiger partial charge in [-0.1, -0.05) is 56.3 Å². The monoisotopic (exact) mass is 429 g/mol. The lowest BCUT2D eigenvalue weighted by molar-refractivity contribution is -0.123. The standard InChI is InChI=1S/C23H31N3O3S/c1-18(2)20-9-11-22(12-10-20)30(28,29)26-15-13-25(14-16-26)17-23(27)24-19(3)21-7-5-4-6-8-21/h4-12,18-19H,13-17H2,1-3H3,(H,24,27)/t19-/m1/s1. The van der Waals surface area contributed by atoms with Crippen LogP contribution in [0.2, 0.25) is 0 Å². The number of sulfonamides is 1. The molecule has 6 nitrogen and oxygen atoms in total. The lowest BCUT2D eigenvalue weighted by atomic mass is 10.0. The molecule has 0 radical (unpaired) electrons. The van der Waals surface area contributed by atoms with Crippen LogP contribution in [0.5, 0.6) is 0 Å². The molecule has 0 saturated carbocycles. The summed E-state index contributed by atoms with van der Waals surface area (Å²) in [5.41, 5.74) is 2.18. The van der Waals surface area contributed by atoms with E-state index in [1.54, 1.807) is 12.1 Å². The summed E-state index contributed by atoms with van der Waals surface area (Å²) in [5.74, 6) is 0.313. The van der Waals surface area contributed by atoms with Crippen molar-refractivity contribution in [2.24, 2.45) is 0 Å². The van der Waals surface area contributed by atoms with E-state index in [9.17, 15) is 13.2 Å². The predicted molar refractivity (Wildman–Crippen MR) is 119 cm³/mol. The Labute approximate surface area is 179 Å². The van der Waals surface area contributed by atoms with Crippen LogP contribution in [0.1, 0.15) is 43.9 Å². The normalized spacial score (nSPS) is 17.1. The number of hydrogen-bond acceptors (Lipinski definition) is 4. The summed E-state index contributed by atoms with van der Waals surface area (Å²) >= 11 is 0. The van der Waals surface area contributed by atoms with E-state index in [2.05, 4.69) is 19.2 Å². The number of benzene rings is 2. The summed E-state index contributed by atoms with van der Waals surface area (Å²) in [7, 11) is -3.51. The molecule has 1 aliphatic rings. The second kappa shape index (κ2) is 9.73. The molecule has 1 saturated heterocycles. The zero-order valence-electron chi connectivity index (χ0n) is 17.9. The topological polar surface area (TPSA) is 69.7 Å². The van der Waals surface area contributed by atoms with Gasteiger partial charge in [-0.2, -0.15) is 4.31 Å². The fraction of sp³-hybridized carbons (Fsp3) is 0.435. The summed E-state index contributed by atoms with van der Waals surface area (Å²) in [6, 6.07) is 16.9. The van der Waals surface area contributed by atoms with Crippen LogP contribution in [0.3, 0.4) is 0 Å². The zero-order valence-corrected chi connectivity index (χ0v) is 18.7. The number of nitrogens with one attached hydrogen (secondary N) is 1. The molecule has 1 heterocycles. The Morgan fingerprint density at radius 3 is 2.07 bits per heavy atom. The van der Waals surface area contributed by atoms with Gasteiger partial charge < -0.3 is 5.32 Å². The van der Waals surface area contributed by atoms with E-state index in [1.165, 1.54) is 4.31 Å². The van der Waals surface area contributed by atoms with E-state index < -0.39 is 10.0 Å². The molecule has 0 aromatic heterocycles. The summed E-state index contributed by atoms with van der Waals surface area (Å²) in [5, 5.41) is 3.01. The number of carbonyl (C=O) groups is 1. The van der Waals surface area contributed by atoms with E-state index in [0.717, 1.165) is 11.1 Å². The molecule has 0 unspecified atom stereocenters. The van der Waals surface area contributed by atoms with E-state index in [-0.39, 0.29) is 18.5 Å². The third kappa shape index (κ3) is 5.47. The van der Waals surface area contributed by atoms with Gasteiger partial charge in [-0.3, -0.25) is 9.69 Å². The maximum atomic E-state index is 12.9. The van der Waals surface area contributed by atoms with Crippen LogP contribution in [-0.2, 0) is 14.8 Å². The number of amides is 1. The highest BCUT2D eigenvalue weighted by molar-refractivity contribution is 7.89. The van der Waals surface area contributed by atoms with Crippen molar-refractivity contribution in [3.05, 3.63) is 65.7 Å². The van der Waals surface area contributed by atoms with Crippen LogP contribution < -0.4 is 5.32 Å². The van der Waals surface area contributed by atoms with Gasteiger partial charge in [0.1, 0.15) is 0 Å². The number of nitrogens with zero attached hydrogens (tertiary/aromatic N) is 2. The molecule has 1 amide bonds. The lowest BCUT2D eigenvalue weighted by Crippen LogP contribution is -2.51. The van der Waals surface area contributed by atoms with E-state index >= 15 is 0 Å². The third-order valence-electron chi connectivity index (χ3n) is 5.56. The van der Waals surface area contributed by atoms with Crippen molar-refractivity contribution in [3.8, 4) is 0 Å². The smallest absolute Gasteiger partial charge is 0.243 e. The molecule has 0 aliphatic carbocycles. The minimum Gasteiger partial charge on any atom is -0.348 e. The fourth-order valence-corrected chi connectivity index (χ4v) is 5.04. The molecule has 1 fully saturated rings.